The Morgan fingerprint density at radius 1 is 0.966 bits per heavy atom. The van der Waals surface area contributed by atoms with Gasteiger partial charge >= 0.3 is 0 Å². The highest BCUT2D eigenvalue weighted by Gasteiger charge is 2.29. The number of pyridine rings is 1. The van der Waals surface area contributed by atoms with Gasteiger partial charge in [-0.2, -0.15) is 0 Å². The van der Waals surface area contributed by atoms with E-state index < -0.39 is 0 Å². The molecular weight excluding hydrogens is 364 g/mol. The first-order valence-corrected chi connectivity index (χ1v) is 9.83. The summed E-state index contributed by atoms with van der Waals surface area (Å²) in [7, 11) is 3.38. The summed E-state index contributed by atoms with van der Waals surface area (Å²) in [6.07, 6.45) is 4.63. The topological polar surface area (TPSA) is 52.6 Å². The van der Waals surface area contributed by atoms with Crippen LogP contribution in [0.25, 0.3) is 0 Å². The summed E-state index contributed by atoms with van der Waals surface area (Å²) in [5.74, 6) is 1.73. The molecule has 0 radical (unpaired) electrons. The molecule has 1 N–H and O–H groups in total. The number of nitrogens with one attached hydrogen (secondary N) is 1. The van der Waals surface area contributed by atoms with Gasteiger partial charge in [0.25, 0.3) is 0 Å². The third-order valence-electron chi connectivity index (χ3n) is 5.29. The second-order valence-corrected chi connectivity index (χ2v) is 7.12. The van der Waals surface area contributed by atoms with Crippen LogP contribution in [0.15, 0.2) is 67.0 Å². The van der Waals surface area contributed by atoms with Gasteiger partial charge in [-0.25, -0.2) is 0 Å². The first-order chi connectivity index (χ1) is 14.3. The van der Waals surface area contributed by atoms with Crippen molar-refractivity contribution in [1.29, 1.82) is 0 Å². The summed E-state index contributed by atoms with van der Waals surface area (Å²) in [6, 6.07) is 18.9. The van der Waals surface area contributed by atoms with Crippen LogP contribution < -0.4 is 14.8 Å². The van der Waals surface area contributed by atoms with Gasteiger partial charge in [0.2, 0.25) is 0 Å². The average molecular weight is 390 g/mol. The van der Waals surface area contributed by atoms with E-state index in [-0.39, 0.29) is 12.1 Å². The summed E-state index contributed by atoms with van der Waals surface area (Å²) in [6.45, 7) is 1.10. The molecule has 2 aromatic carbocycles. The van der Waals surface area contributed by atoms with E-state index in [1.165, 1.54) is 22.3 Å². The number of methoxy groups -OCH3 is 2. The molecule has 3 aromatic rings. The van der Waals surface area contributed by atoms with E-state index in [9.17, 15) is 0 Å². The van der Waals surface area contributed by atoms with Crippen molar-refractivity contribution in [1.82, 2.24) is 10.3 Å². The first-order valence-electron chi connectivity index (χ1n) is 9.83. The highest BCUT2D eigenvalue weighted by Crippen LogP contribution is 2.37. The molecule has 2 atom stereocenters. The van der Waals surface area contributed by atoms with Crippen LogP contribution >= 0.6 is 0 Å². The van der Waals surface area contributed by atoms with E-state index in [0.29, 0.717) is 13.2 Å². The van der Waals surface area contributed by atoms with Crippen LogP contribution in [-0.2, 0) is 11.2 Å². The SMILES string of the molecule is COCCOc1cccc([C@@H]2N[C@H](c3cccnc3)Cc3cc(OC)ccc32)c1. The molecule has 1 aliphatic rings. The van der Waals surface area contributed by atoms with Gasteiger partial charge in [-0.05, 0) is 59.0 Å². The minimum absolute atomic E-state index is 0.0563. The summed E-state index contributed by atoms with van der Waals surface area (Å²) in [5.41, 5.74) is 4.89. The van der Waals surface area contributed by atoms with Crippen molar-refractivity contribution in [3.8, 4) is 11.5 Å². The molecule has 5 nitrogen and oxygen atoms in total. The number of aromatic nitrogens is 1. The minimum Gasteiger partial charge on any atom is -0.497 e. The molecule has 0 aliphatic carbocycles. The van der Waals surface area contributed by atoms with E-state index in [2.05, 4.69) is 40.6 Å². The van der Waals surface area contributed by atoms with Crippen molar-refractivity contribution in [3.63, 3.8) is 0 Å². The van der Waals surface area contributed by atoms with Crippen molar-refractivity contribution in [2.75, 3.05) is 27.4 Å². The quantitative estimate of drug-likeness (QED) is 0.616. The van der Waals surface area contributed by atoms with Crippen LogP contribution in [0.2, 0.25) is 0 Å². The summed E-state index contributed by atoms with van der Waals surface area (Å²) < 4.78 is 16.4. The molecule has 0 saturated carbocycles. The lowest BCUT2D eigenvalue weighted by Crippen LogP contribution is -2.34. The monoisotopic (exact) mass is 390 g/mol. The Labute approximate surface area is 171 Å². The highest BCUT2D eigenvalue weighted by molar-refractivity contribution is 5.46. The second-order valence-electron chi connectivity index (χ2n) is 7.12. The molecular formula is C24H26N2O3. The zero-order valence-corrected chi connectivity index (χ0v) is 16.8. The zero-order chi connectivity index (χ0) is 20.1. The Balaban J connectivity index is 1.69. The van der Waals surface area contributed by atoms with Crippen molar-refractivity contribution in [2.24, 2.45) is 0 Å². The number of fused-ring (bicyclic) bond motifs is 1. The predicted octanol–water partition coefficient (Wildman–Crippen LogP) is 4.09. The van der Waals surface area contributed by atoms with Crippen LogP contribution in [0.3, 0.4) is 0 Å². The lowest BCUT2D eigenvalue weighted by molar-refractivity contribution is 0.146. The molecule has 0 amide bonds. The average Bonchev–Trinajstić information content (AvgIpc) is 2.79. The second kappa shape index (κ2) is 9.07. The van der Waals surface area contributed by atoms with Crippen LogP contribution in [0.5, 0.6) is 11.5 Å². The van der Waals surface area contributed by atoms with Gasteiger partial charge in [0.1, 0.15) is 18.1 Å². The fourth-order valence-electron chi connectivity index (χ4n) is 3.84. The van der Waals surface area contributed by atoms with Gasteiger partial charge in [0, 0.05) is 25.5 Å². The molecule has 0 saturated heterocycles. The third-order valence-corrected chi connectivity index (χ3v) is 5.29. The molecule has 2 heterocycles. The maximum Gasteiger partial charge on any atom is 0.119 e. The van der Waals surface area contributed by atoms with Crippen LogP contribution in [-0.4, -0.2) is 32.4 Å². The molecule has 5 heteroatoms. The van der Waals surface area contributed by atoms with Gasteiger partial charge in [-0.3, -0.25) is 10.3 Å². The number of hydrogen-bond acceptors (Lipinski definition) is 5. The fourth-order valence-corrected chi connectivity index (χ4v) is 3.84. The molecule has 0 spiro atoms. The minimum atomic E-state index is 0.0563. The molecule has 0 bridgehead atoms. The Bertz CT molecular complexity index is 946. The van der Waals surface area contributed by atoms with Gasteiger partial charge in [0.05, 0.1) is 19.8 Å². The van der Waals surface area contributed by atoms with E-state index in [4.69, 9.17) is 14.2 Å². The Hall–Kier alpha value is -2.89. The van der Waals surface area contributed by atoms with Crippen LogP contribution in [0.4, 0.5) is 0 Å². The van der Waals surface area contributed by atoms with Crippen LogP contribution in [0.1, 0.15) is 34.3 Å². The lowest BCUT2D eigenvalue weighted by Gasteiger charge is -2.34. The molecule has 29 heavy (non-hydrogen) atoms. The molecule has 4 rings (SSSR count). The molecule has 0 unspecified atom stereocenters. The van der Waals surface area contributed by atoms with Crippen molar-refractivity contribution >= 4 is 0 Å². The summed E-state index contributed by atoms with van der Waals surface area (Å²) in [4.78, 5) is 4.31. The van der Waals surface area contributed by atoms with Gasteiger partial charge in [-0.1, -0.05) is 24.3 Å². The number of nitrogens with zero attached hydrogens (tertiary/aromatic N) is 1. The normalized spacial score (nSPS) is 18.1. The van der Waals surface area contributed by atoms with E-state index in [1.54, 1.807) is 14.2 Å². The number of rotatable bonds is 7. The molecule has 1 aliphatic heterocycles. The molecule has 1 aromatic heterocycles. The van der Waals surface area contributed by atoms with Crippen LogP contribution in [0, 0.1) is 0 Å². The molecule has 0 fully saturated rings. The fraction of sp³-hybridized carbons (Fsp3) is 0.292. The predicted molar refractivity (Wildman–Crippen MR) is 112 cm³/mol. The van der Waals surface area contributed by atoms with E-state index in [0.717, 1.165) is 17.9 Å². The third kappa shape index (κ3) is 4.42. The zero-order valence-electron chi connectivity index (χ0n) is 16.8. The standard InChI is InChI=1S/C24H26N2O3/c1-27-11-12-29-21-7-3-5-17(13-21)24-22-9-8-20(28-2)14-19(22)15-23(26-24)18-6-4-10-25-16-18/h3-10,13-14,16,23-24,26H,11-12,15H2,1-2H3/t23-,24-/m0/s1. The van der Waals surface area contributed by atoms with E-state index in [1.807, 2.05) is 36.7 Å². The van der Waals surface area contributed by atoms with Crippen molar-refractivity contribution in [2.45, 2.75) is 18.5 Å². The molecule has 150 valence electrons. The summed E-state index contributed by atoms with van der Waals surface area (Å²) >= 11 is 0. The smallest absolute Gasteiger partial charge is 0.119 e. The van der Waals surface area contributed by atoms with Gasteiger partial charge < -0.3 is 14.2 Å². The maximum absolute atomic E-state index is 5.83. The Morgan fingerprint density at radius 2 is 1.86 bits per heavy atom. The van der Waals surface area contributed by atoms with Crippen molar-refractivity contribution in [3.05, 3.63) is 89.2 Å². The highest BCUT2D eigenvalue weighted by atomic mass is 16.5. The first kappa shape index (κ1) is 19.4. The number of hydrogen-bond donors (Lipinski definition) is 1. The van der Waals surface area contributed by atoms with Crippen molar-refractivity contribution < 1.29 is 14.2 Å². The number of benzene rings is 2. The lowest BCUT2D eigenvalue weighted by atomic mass is 9.84. The van der Waals surface area contributed by atoms with Gasteiger partial charge in [-0.15, -0.1) is 0 Å². The van der Waals surface area contributed by atoms with E-state index >= 15 is 0 Å². The van der Waals surface area contributed by atoms with Gasteiger partial charge in [0.15, 0.2) is 0 Å². The summed E-state index contributed by atoms with van der Waals surface area (Å²) in [5, 5.41) is 3.81. The Kier molecular flexibility index (Phi) is 6.08. The maximum atomic E-state index is 5.83. The number of ether oxygens (including phenoxy) is 3. The Morgan fingerprint density at radius 3 is 2.66 bits per heavy atom. The largest absolute Gasteiger partial charge is 0.497 e.